The number of halogens is 2. The topological polar surface area (TPSA) is 0 Å². The van der Waals surface area contributed by atoms with Crippen LogP contribution in [0.15, 0.2) is 46.9 Å². The lowest BCUT2D eigenvalue weighted by Gasteiger charge is -2.06. The summed E-state index contributed by atoms with van der Waals surface area (Å²) >= 11 is 3.25. The van der Waals surface area contributed by atoms with Crippen molar-refractivity contribution in [1.82, 2.24) is 0 Å². The van der Waals surface area contributed by atoms with E-state index in [1.807, 2.05) is 37.3 Å². The van der Waals surface area contributed by atoms with Gasteiger partial charge in [-0.2, -0.15) is 0 Å². The van der Waals surface area contributed by atoms with Gasteiger partial charge in [0.1, 0.15) is 5.82 Å². The number of hydrogen-bond acceptors (Lipinski definition) is 0. The molecule has 0 aliphatic carbocycles. The summed E-state index contributed by atoms with van der Waals surface area (Å²) in [5, 5.41) is 0. The van der Waals surface area contributed by atoms with Gasteiger partial charge in [-0.05, 0) is 30.2 Å². The van der Waals surface area contributed by atoms with E-state index in [0.717, 1.165) is 15.6 Å². The van der Waals surface area contributed by atoms with Gasteiger partial charge in [-0.3, -0.25) is 0 Å². The van der Waals surface area contributed by atoms with Crippen molar-refractivity contribution in [2.45, 2.75) is 6.92 Å². The standard InChI is InChI=1S/C13H10BrF/c1-9-4-2-3-5-11(9)12-7-6-10(14)8-13(12)15/h2-8H,1H3. The van der Waals surface area contributed by atoms with Gasteiger partial charge in [0.15, 0.2) is 0 Å². The molecule has 0 amide bonds. The van der Waals surface area contributed by atoms with Crippen LogP contribution >= 0.6 is 15.9 Å². The van der Waals surface area contributed by atoms with Gasteiger partial charge in [0.05, 0.1) is 0 Å². The number of hydrogen-bond donors (Lipinski definition) is 0. The summed E-state index contributed by atoms with van der Waals surface area (Å²) in [6, 6.07) is 12.9. The zero-order valence-electron chi connectivity index (χ0n) is 8.30. The molecule has 0 radical (unpaired) electrons. The van der Waals surface area contributed by atoms with Crippen molar-refractivity contribution in [1.29, 1.82) is 0 Å². The Labute approximate surface area is 96.9 Å². The maximum atomic E-state index is 13.7. The van der Waals surface area contributed by atoms with E-state index in [9.17, 15) is 4.39 Å². The SMILES string of the molecule is Cc1ccccc1-c1ccc(Br)cc1F. The quantitative estimate of drug-likeness (QED) is 0.708. The Hall–Kier alpha value is -1.15. The third kappa shape index (κ3) is 2.10. The summed E-state index contributed by atoms with van der Waals surface area (Å²) in [5.41, 5.74) is 2.68. The lowest BCUT2D eigenvalue weighted by molar-refractivity contribution is 0.630. The van der Waals surface area contributed by atoms with E-state index in [2.05, 4.69) is 15.9 Å². The molecule has 0 aromatic heterocycles. The van der Waals surface area contributed by atoms with E-state index < -0.39 is 0 Å². The third-order valence-electron chi connectivity index (χ3n) is 2.37. The van der Waals surface area contributed by atoms with Crippen molar-refractivity contribution in [3.63, 3.8) is 0 Å². The minimum absolute atomic E-state index is 0.196. The minimum atomic E-state index is -0.196. The summed E-state index contributed by atoms with van der Waals surface area (Å²) in [6.45, 7) is 1.98. The normalized spacial score (nSPS) is 10.3. The van der Waals surface area contributed by atoms with Gasteiger partial charge in [0.2, 0.25) is 0 Å². The van der Waals surface area contributed by atoms with Crippen LogP contribution in [0.2, 0.25) is 0 Å². The van der Waals surface area contributed by atoms with E-state index in [1.165, 1.54) is 6.07 Å². The van der Waals surface area contributed by atoms with Crippen LogP contribution in [0.1, 0.15) is 5.56 Å². The van der Waals surface area contributed by atoms with Gasteiger partial charge < -0.3 is 0 Å². The van der Waals surface area contributed by atoms with E-state index >= 15 is 0 Å². The van der Waals surface area contributed by atoms with Crippen LogP contribution in [0.3, 0.4) is 0 Å². The van der Waals surface area contributed by atoms with Crippen molar-refractivity contribution in [2.24, 2.45) is 0 Å². The molecule has 0 saturated heterocycles. The second kappa shape index (κ2) is 4.15. The first kappa shape index (κ1) is 10.4. The first-order valence-electron chi connectivity index (χ1n) is 4.69. The summed E-state index contributed by atoms with van der Waals surface area (Å²) in [7, 11) is 0. The Morgan fingerprint density at radius 3 is 2.40 bits per heavy atom. The lowest BCUT2D eigenvalue weighted by atomic mass is 10.0. The molecule has 0 saturated carbocycles. The molecule has 0 unspecified atom stereocenters. The fourth-order valence-corrected chi connectivity index (χ4v) is 1.92. The Kier molecular flexibility index (Phi) is 2.87. The fourth-order valence-electron chi connectivity index (χ4n) is 1.58. The summed E-state index contributed by atoms with van der Waals surface area (Å²) < 4.78 is 14.4. The molecule has 2 aromatic carbocycles. The van der Waals surface area contributed by atoms with Gasteiger partial charge in [-0.15, -0.1) is 0 Å². The molecule has 0 aliphatic heterocycles. The smallest absolute Gasteiger partial charge is 0.132 e. The minimum Gasteiger partial charge on any atom is -0.206 e. The molecule has 2 heteroatoms. The molecule has 0 nitrogen and oxygen atoms in total. The molecule has 0 fully saturated rings. The third-order valence-corrected chi connectivity index (χ3v) is 2.86. The van der Waals surface area contributed by atoms with Gasteiger partial charge in [-0.1, -0.05) is 46.3 Å². The van der Waals surface area contributed by atoms with Gasteiger partial charge in [0, 0.05) is 10.0 Å². The second-order valence-corrected chi connectivity index (χ2v) is 4.35. The zero-order chi connectivity index (χ0) is 10.8. The van der Waals surface area contributed by atoms with Crippen LogP contribution in [0.25, 0.3) is 11.1 Å². The highest BCUT2D eigenvalue weighted by atomic mass is 79.9. The summed E-state index contributed by atoms with van der Waals surface area (Å²) in [5.74, 6) is -0.196. The highest BCUT2D eigenvalue weighted by Crippen LogP contribution is 2.27. The van der Waals surface area contributed by atoms with Crippen molar-refractivity contribution in [3.8, 4) is 11.1 Å². The molecule has 2 aromatic rings. The van der Waals surface area contributed by atoms with Crippen LogP contribution in [-0.2, 0) is 0 Å². The molecule has 0 bridgehead atoms. The van der Waals surface area contributed by atoms with Crippen molar-refractivity contribution in [2.75, 3.05) is 0 Å². The monoisotopic (exact) mass is 264 g/mol. The van der Waals surface area contributed by atoms with Crippen molar-refractivity contribution >= 4 is 15.9 Å². The van der Waals surface area contributed by atoms with Crippen LogP contribution in [0.5, 0.6) is 0 Å². The van der Waals surface area contributed by atoms with Gasteiger partial charge >= 0.3 is 0 Å². The van der Waals surface area contributed by atoms with E-state index in [4.69, 9.17) is 0 Å². The average molecular weight is 265 g/mol. The largest absolute Gasteiger partial charge is 0.206 e. The van der Waals surface area contributed by atoms with Gasteiger partial charge in [-0.25, -0.2) is 4.39 Å². The van der Waals surface area contributed by atoms with Crippen LogP contribution in [0.4, 0.5) is 4.39 Å². The molecule has 0 aliphatic rings. The van der Waals surface area contributed by atoms with Crippen molar-refractivity contribution < 1.29 is 4.39 Å². The molecule has 15 heavy (non-hydrogen) atoms. The van der Waals surface area contributed by atoms with E-state index in [0.29, 0.717) is 5.56 Å². The highest BCUT2D eigenvalue weighted by Gasteiger charge is 2.06. The van der Waals surface area contributed by atoms with E-state index in [1.54, 1.807) is 6.07 Å². The number of benzene rings is 2. The van der Waals surface area contributed by atoms with Crippen LogP contribution in [0, 0.1) is 12.7 Å². The second-order valence-electron chi connectivity index (χ2n) is 3.44. The Bertz CT molecular complexity index is 492. The average Bonchev–Trinajstić information content (AvgIpc) is 2.20. The number of rotatable bonds is 1. The lowest BCUT2D eigenvalue weighted by Crippen LogP contribution is -1.87. The van der Waals surface area contributed by atoms with Crippen LogP contribution in [-0.4, -0.2) is 0 Å². The molecule has 76 valence electrons. The molecule has 0 N–H and O–H groups in total. The number of aryl methyl sites for hydroxylation is 1. The van der Waals surface area contributed by atoms with Gasteiger partial charge in [0.25, 0.3) is 0 Å². The zero-order valence-corrected chi connectivity index (χ0v) is 9.88. The molecule has 2 rings (SSSR count). The molecule has 0 heterocycles. The molecule has 0 spiro atoms. The fraction of sp³-hybridized carbons (Fsp3) is 0.0769. The Morgan fingerprint density at radius 1 is 1.00 bits per heavy atom. The van der Waals surface area contributed by atoms with E-state index in [-0.39, 0.29) is 5.82 Å². The Morgan fingerprint density at radius 2 is 1.73 bits per heavy atom. The highest BCUT2D eigenvalue weighted by molar-refractivity contribution is 9.10. The summed E-state index contributed by atoms with van der Waals surface area (Å²) in [6.07, 6.45) is 0. The predicted molar refractivity (Wildman–Crippen MR) is 64.3 cm³/mol. The molecule has 0 atom stereocenters. The maximum absolute atomic E-state index is 13.7. The van der Waals surface area contributed by atoms with Crippen LogP contribution < -0.4 is 0 Å². The molecular formula is C13H10BrF. The predicted octanol–water partition coefficient (Wildman–Crippen LogP) is 4.56. The maximum Gasteiger partial charge on any atom is 0.132 e. The Balaban J connectivity index is 2.60. The van der Waals surface area contributed by atoms with Crippen molar-refractivity contribution in [3.05, 3.63) is 58.3 Å². The summed E-state index contributed by atoms with van der Waals surface area (Å²) in [4.78, 5) is 0. The first-order valence-corrected chi connectivity index (χ1v) is 5.49. The first-order chi connectivity index (χ1) is 7.18. The molecular weight excluding hydrogens is 255 g/mol.